The first-order valence-corrected chi connectivity index (χ1v) is 11.9. The molecule has 2 aromatic rings. The molecule has 4 rings (SSSR count). The molecule has 32 heavy (non-hydrogen) atoms. The Hall–Kier alpha value is -2.86. The zero-order valence-electron chi connectivity index (χ0n) is 18.9. The van der Waals surface area contributed by atoms with Crippen molar-refractivity contribution < 1.29 is 14.3 Å². The summed E-state index contributed by atoms with van der Waals surface area (Å²) in [5.74, 6) is -0.0477. The topological polar surface area (TPSA) is 59.0 Å². The number of hydrogen-bond acceptors (Lipinski definition) is 5. The molecule has 1 saturated heterocycles. The van der Waals surface area contributed by atoms with Crippen molar-refractivity contribution in [2.75, 3.05) is 0 Å². The Balaban J connectivity index is 1.71. The minimum absolute atomic E-state index is 0.00459. The Morgan fingerprint density at radius 2 is 1.81 bits per heavy atom. The zero-order chi connectivity index (χ0) is 22.8. The number of allylic oxidation sites excluding steroid dienone is 1. The van der Waals surface area contributed by atoms with Crippen LogP contribution in [0, 0.1) is 0 Å². The number of thioether (sulfide) groups is 1. The highest BCUT2D eigenvalue weighted by Gasteiger charge is 2.47. The Morgan fingerprint density at radius 1 is 1.12 bits per heavy atom. The van der Waals surface area contributed by atoms with E-state index in [0.717, 1.165) is 11.1 Å². The average Bonchev–Trinajstić information content (AvgIpc) is 3.12. The SMILES string of the molecule is CCC1SC2=NC(C)=C(C(=O)OCc3ccccc3)C(c3ccc(C(C)C)cc3)N2C1=O. The third-order valence-electron chi connectivity index (χ3n) is 5.87. The number of hydrogen-bond donors (Lipinski definition) is 0. The summed E-state index contributed by atoms with van der Waals surface area (Å²) in [5, 5.41) is 0.482. The summed E-state index contributed by atoms with van der Waals surface area (Å²) >= 11 is 1.48. The zero-order valence-corrected chi connectivity index (χ0v) is 19.7. The second kappa shape index (κ2) is 9.33. The van der Waals surface area contributed by atoms with Gasteiger partial charge in [0, 0.05) is 0 Å². The number of carbonyl (C=O) groups is 2. The lowest BCUT2D eigenvalue weighted by Gasteiger charge is -2.33. The van der Waals surface area contributed by atoms with Crippen LogP contribution >= 0.6 is 11.8 Å². The van der Waals surface area contributed by atoms with Gasteiger partial charge in [-0.2, -0.15) is 0 Å². The molecule has 2 aromatic carbocycles. The fourth-order valence-electron chi connectivity index (χ4n) is 4.03. The van der Waals surface area contributed by atoms with E-state index in [1.807, 2.05) is 56.3 Å². The Bertz CT molecular complexity index is 1070. The van der Waals surface area contributed by atoms with E-state index in [0.29, 0.717) is 28.8 Å². The third-order valence-corrected chi connectivity index (χ3v) is 7.19. The molecule has 2 atom stereocenters. The van der Waals surface area contributed by atoms with Crippen LogP contribution in [-0.4, -0.2) is 27.2 Å². The van der Waals surface area contributed by atoms with Gasteiger partial charge in [-0.1, -0.05) is 87.1 Å². The van der Waals surface area contributed by atoms with Gasteiger partial charge in [0.25, 0.3) is 0 Å². The van der Waals surface area contributed by atoms with Crippen LogP contribution in [-0.2, 0) is 20.9 Å². The van der Waals surface area contributed by atoms with Gasteiger partial charge in [0.1, 0.15) is 6.61 Å². The van der Waals surface area contributed by atoms with E-state index in [1.165, 1.54) is 17.3 Å². The molecule has 166 valence electrons. The van der Waals surface area contributed by atoms with Crippen LogP contribution in [0.2, 0.25) is 0 Å². The van der Waals surface area contributed by atoms with Crippen LogP contribution in [0.15, 0.2) is 70.9 Å². The molecule has 0 N–H and O–H groups in total. The van der Waals surface area contributed by atoms with Gasteiger partial charge in [-0.15, -0.1) is 0 Å². The van der Waals surface area contributed by atoms with Gasteiger partial charge in [-0.3, -0.25) is 9.69 Å². The lowest BCUT2D eigenvalue weighted by Crippen LogP contribution is -2.40. The van der Waals surface area contributed by atoms with E-state index in [1.54, 1.807) is 4.90 Å². The van der Waals surface area contributed by atoms with Gasteiger partial charge < -0.3 is 4.74 Å². The van der Waals surface area contributed by atoms with Crippen molar-refractivity contribution in [3.05, 3.63) is 82.6 Å². The molecule has 2 unspecified atom stereocenters. The molecule has 6 heteroatoms. The van der Waals surface area contributed by atoms with E-state index in [2.05, 4.69) is 31.0 Å². The van der Waals surface area contributed by atoms with Crippen LogP contribution in [0.3, 0.4) is 0 Å². The predicted molar refractivity (Wildman–Crippen MR) is 128 cm³/mol. The van der Waals surface area contributed by atoms with E-state index in [9.17, 15) is 9.59 Å². The number of aliphatic imine (C=N–C) groups is 1. The van der Waals surface area contributed by atoms with Crippen molar-refractivity contribution in [1.82, 2.24) is 4.90 Å². The summed E-state index contributed by atoms with van der Waals surface area (Å²) in [6, 6.07) is 17.2. The van der Waals surface area contributed by atoms with Crippen LogP contribution in [0.4, 0.5) is 0 Å². The van der Waals surface area contributed by atoms with Crippen molar-refractivity contribution in [3.8, 4) is 0 Å². The quantitative estimate of drug-likeness (QED) is 0.541. The molecule has 2 heterocycles. The highest BCUT2D eigenvalue weighted by molar-refractivity contribution is 8.15. The monoisotopic (exact) mass is 448 g/mol. The minimum atomic E-state index is -0.538. The second-order valence-corrected chi connectivity index (χ2v) is 9.57. The van der Waals surface area contributed by atoms with Crippen LogP contribution in [0.25, 0.3) is 0 Å². The summed E-state index contributed by atoms with van der Waals surface area (Å²) in [5.41, 5.74) is 4.03. The Labute approximate surface area is 193 Å². The van der Waals surface area contributed by atoms with Gasteiger partial charge in [0.2, 0.25) is 5.91 Å². The molecule has 0 aromatic heterocycles. The molecule has 0 saturated carbocycles. The molecule has 5 nitrogen and oxygen atoms in total. The fourth-order valence-corrected chi connectivity index (χ4v) is 5.16. The average molecular weight is 449 g/mol. The van der Waals surface area contributed by atoms with E-state index < -0.39 is 12.0 Å². The van der Waals surface area contributed by atoms with Crippen molar-refractivity contribution in [3.63, 3.8) is 0 Å². The molecule has 0 bridgehead atoms. The third kappa shape index (κ3) is 4.24. The van der Waals surface area contributed by atoms with Crippen molar-refractivity contribution in [2.24, 2.45) is 4.99 Å². The number of benzene rings is 2. The first-order chi connectivity index (χ1) is 15.4. The first kappa shape index (κ1) is 22.3. The smallest absolute Gasteiger partial charge is 0.338 e. The number of carbonyl (C=O) groups excluding carboxylic acids is 2. The highest BCUT2D eigenvalue weighted by Crippen LogP contribution is 2.44. The van der Waals surface area contributed by atoms with Gasteiger partial charge in [-0.25, -0.2) is 9.79 Å². The second-order valence-electron chi connectivity index (χ2n) is 8.40. The summed E-state index contributed by atoms with van der Waals surface area (Å²) in [4.78, 5) is 32.9. The molecular formula is C26H28N2O3S. The fraction of sp³-hybridized carbons (Fsp3) is 0.346. The number of amides is 1. The van der Waals surface area contributed by atoms with Gasteiger partial charge in [0.05, 0.1) is 22.6 Å². The number of esters is 1. The molecule has 0 radical (unpaired) electrons. The summed E-state index contributed by atoms with van der Waals surface area (Å²) in [6.45, 7) is 8.28. The maximum absolute atomic E-state index is 13.3. The Kier molecular flexibility index (Phi) is 6.51. The lowest BCUT2D eigenvalue weighted by atomic mass is 9.92. The van der Waals surface area contributed by atoms with Crippen molar-refractivity contribution in [2.45, 2.75) is 57.9 Å². The van der Waals surface area contributed by atoms with Crippen LogP contribution in [0.1, 0.15) is 62.8 Å². The molecule has 1 amide bonds. The van der Waals surface area contributed by atoms with Gasteiger partial charge in [0.15, 0.2) is 5.17 Å². The Morgan fingerprint density at radius 3 is 2.44 bits per heavy atom. The number of rotatable bonds is 6. The largest absolute Gasteiger partial charge is 0.457 e. The standard InChI is InChI=1S/C26H28N2O3S/c1-5-21-24(29)28-23(20-13-11-19(12-14-20)16(2)3)22(17(4)27-26(28)32-21)25(30)31-15-18-9-7-6-8-10-18/h6-14,16,21,23H,5,15H2,1-4H3. The maximum atomic E-state index is 13.3. The van der Waals surface area contributed by atoms with E-state index in [-0.39, 0.29) is 17.8 Å². The molecule has 0 spiro atoms. The number of fused-ring (bicyclic) bond motifs is 1. The number of ether oxygens (including phenoxy) is 1. The predicted octanol–water partition coefficient (Wildman–Crippen LogP) is 5.59. The first-order valence-electron chi connectivity index (χ1n) is 11.0. The molecule has 0 aliphatic carbocycles. The van der Waals surface area contributed by atoms with Crippen molar-refractivity contribution >= 4 is 28.8 Å². The molecule has 1 fully saturated rings. The number of nitrogens with zero attached hydrogens (tertiary/aromatic N) is 2. The highest BCUT2D eigenvalue weighted by atomic mass is 32.2. The van der Waals surface area contributed by atoms with Crippen LogP contribution in [0.5, 0.6) is 0 Å². The molecular weight excluding hydrogens is 420 g/mol. The van der Waals surface area contributed by atoms with E-state index >= 15 is 0 Å². The normalized spacial score (nSPS) is 20.5. The van der Waals surface area contributed by atoms with Gasteiger partial charge >= 0.3 is 5.97 Å². The number of amidine groups is 1. The van der Waals surface area contributed by atoms with E-state index in [4.69, 9.17) is 4.74 Å². The molecule has 2 aliphatic rings. The van der Waals surface area contributed by atoms with Crippen molar-refractivity contribution in [1.29, 1.82) is 0 Å². The lowest BCUT2D eigenvalue weighted by molar-refractivity contribution is -0.141. The summed E-state index contributed by atoms with van der Waals surface area (Å²) in [6.07, 6.45) is 0.713. The van der Waals surface area contributed by atoms with Crippen LogP contribution < -0.4 is 0 Å². The maximum Gasteiger partial charge on any atom is 0.338 e. The minimum Gasteiger partial charge on any atom is -0.457 e. The van der Waals surface area contributed by atoms with Gasteiger partial charge in [-0.05, 0) is 36.0 Å². The molecule has 2 aliphatic heterocycles. The summed E-state index contributed by atoms with van der Waals surface area (Å²) in [7, 11) is 0. The summed E-state index contributed by atoms with van der Waals surface area (Å²) < 4.78 is 5.68.